The van der Waals surface area contributed by atoms with E-state index in [1.54, 1.807) is 13.1 Å². The highest BCUT2D eigenvalue weighted by molar-refractivity contribution is 9.10. The van der Waals surface area contributed by atoms with Gasteiger partial charge in [-0.2, -0.15) is 4.98 Å². The number of rotatable bonds is 2. The molecule has 16 heavy (non-hydrogen) atoms. The molecule has 1 heterocycles. The largest absolute Gasteiger partial charge is 0.384 e. The fourth-order valence-corrected chi connectivity index (χ4v) is 1.61. The van der Waals surface area contributed by atoms with Gasteiger partial charge in [-0.05, 0) is 12.1 Å². The van der Waals surface area contributed by atoms with Crippen molar-refractivity contribution in [1.82, 2.24) is 9.97 Å². The third kappa shape index (κ3) is 2.30. The maximum atomic E-state index is 5.70. The van der Waals surface area contributed by atoms with Crippen LogP contribution in [0.4, 0.5) is 11.8 Å². The summed E-state index contributed by atoms with van der Waals surface area (Å²) in [5.74, 6) is 0.982. The van der Waals surface area contributed by atoms with Gasteiger partial charge >= 0.3 is 0 Å². The predicted octanol–water partition coefficient (Wildman–Crippen LogP) is 2.53. The van der Waals surface area contributed by atoms with Gasteiger partial charge in [0.2, 0.25) is 5.95 Å². The molecule has 0 saturated heterocycles. The van der Waals surface area contributed by atoms with Crippen LogP contribution in [-0.2, 0) is 0 Å². The zero-order valence-corrected chi connectivity index (χ0v) is 10.3. The van der Waals surface area contributed by atoms with Crippen LogP contribution >= 0.6 is 15.9 Å². The van der Waals surface area contributed by atoms with Crippen molar-refractivity contribution in [3.63, 3.8) is 0 Å². The molecular weight excluding hydrogens is 268 g/mol. The molecule has 0 aliphatic rings. The standard InChI is InChI=1S/C11H11BrN4/c1-14-11-15-9(6-10(13)16-11)7-2-4-8(12)5-3-7/h2-6H,1H3,(H3,13,14,15,16). The average Bonchev–Trinajstić information content (AvgIpc) is 2.29. The molecule has 0 atom stereocenters. The normalized spacial score (nSPS) is 10.1. The highest BCUT2D eigenvalue weighted by Gasteiger charge is 2.03. The summed E-state index contributed by atoms with van der Waals surface area (Å²) in [6.07, 6.45) is 0. The Morgan fingerprint density at radius 1 is 1.19 bits per heavy atom. The molecule has 0 spiro atoms. The Morgan fingerprint density at radius 3 is 2.50 bits per heavy atom. The van der Waals surface area contributed by atoms with Crippen molar-refractivity contribution in [2.75, 3.05) is 18.1 Å². The summed E-state index contributed by atoms with van der Waals surface area (Å²) in [6.45, 7) is 0. The second-order valence-corrected chi connectivity index (χ2v) is 4.17. The van der Waals surface area contributed by atoms with Gasteiger partial charge in [0.05, 0.1) is 5.69 Å². The number of benzene rings is 1. The molecule has 82 valence electrons. The molecule has 0 aliphatic carbocycles. The molecule has 4 nitrogen and oxygen atoms in total. The number of hydrogen-bond donors (Lipinski definition) is 2. The van der Waals surface area contributed by atoms with Crippen LogP contribution in [-0.4, -0.2) is 17.0 Å². The number of nitrogen functional groups attached to an aromatic ring is 1. The smallest absolute Gasteiger partial charge is 0.224 e. The van der Waals surface area contributed by atoms with E-state index >= 15 is 0 Å². The molecular formula is C11H11BrN4. The summed E-state index contributed by atoms with van der Waals surface area (Å²) in [7, 11) is 1.76. The van der Waals surface area contributed by atoms with E-state index in [1.807, 2.05) is 24.3 Å². The van der Waals surface area contributed by atoms with E-state index in [0.717, 1.165) is 15.7 Å². The first-order chi connectivity index (χ1) is 7.69. The van der Waals surface area contributed by atoms with E-state index in [4.69, 9.17) is 5.73 Å². The molecule has 2 aromatic rings. The fourth-order valence-electron chi connectivity index (χ4n) is 1.35. The molecule has 0 fully saturated rings. The Labute approximate surface area is 102 Å². The van der Waals surface area contributed by atoms with Crippen LogP contribution in [0, 0.1) is 0 Å². The van der Waals surface area contributed by atoms with Crippen molar-refractivity contribution in [2.24, 2.45) is 0 Å². The molecule has 2 rings (SSSR count). The third-order valence-corrected chi connectivity index (χ3v) is 2.64. The van der Waals surface area contributed by atoms with E-state index in [-0.39, 0.29) is 0 Å². The lowest BCUT2D eigenvalue weighted by Gasteiger charge is -2.05. The molecule has 1 aromatic heterocycles. The first kappa shape index (κ1) is 10.9. The van der Waals surface area contributed by atoms with Crippen molar-refractivity contribution >= 4 is 27.7 Å². The minimum Gasteiger partial charge on any atom is -0.384 e. The summed E-state index contributed by atoms with van der Waals surface area (Å²) < 4.78 is 1.03. The van der Waals surface area contributed by atoms with E-state index in [0.29, 0.717) is 11.8 Å². The lowest BCUT2D eigenvalue weighted by molar-refractivity contribution is 1.16. The Kier molecular flexibility index (Phi) is 3.05. The molecule has 5 heteroatoms. The minimum absolute atomic E-state index is 0.456. The van der Waals surface area contributed by atoms with Gasteiger partial charge in [-0.15, -0.1) is 0 Å². The monoisotopic (exact) mass is 278 g/mol. The number of nitrogens with two attached hydrogens (primary N) is 1. The molecule has 0 bridgehead atoms. The van der Waals surface area contributed by atoms with Gasteiger partial charge in [-0.1, -0.05) is 28.1 Å². The van der Waals surface area contributed by atoms with E-state index in [9.17, 15) is 0 Å². The summed E-state index contributed by atoms with van der Waals surface area (Å²) in [5, 5.41) is 2.88. The number of anilines is 2. The Bertz CT molecular complexity index is 496. The summed E-state index contributed by atoms with van der Waals surface area (Å²) in [4.78, 5) is 8.38. The third-order valence-electron chi connectivity index (χ3n) is 2.11. The van der Waals surface area contributed by atoms with Crippen LogP contribution in [0.25, 0.3) is 11.3 Å². The second-order valence-electron chi connectivity index (χ2n) is 3.26. The highest BCUT2D eigenvalue weighted by Crippen LogP contribution is 2.22. The van der Waals surface area contributed by atoms with Crippen molar-refractivity contribution in [3.8, 4) is 11.3 Å². The first-order valence-electron chi connectivity index (χ1n) is 4.77. The van der Waals surface area contributed by atoms with Gasteiger partial charge in [-0.3, -0.25) is 0 Å². The van der Waals surface area contributed by atoms with Gasteiger partial charge in [0.15, 0.2) is 0 Å². The number of nitrogens with zero attached hydrogens (tertiary/aromatic N) is 2. The molecule has 3 N–H and O–H groups in total. The van der Waals surface area contributed by atoms with Gasteiger partial charge in [-0.25, -0.2) is 4.98 Å². The van der Waals surface area contributed by atoms with Crippen LogP contribution in [0.5, 0.6) is 0 Å². The minimum atomic E-state index is 0.456. The lowest BCUT2D eigenvalue weighted by atomic mass is 10.1. The van der Waals surface area contributed by atoms with E-state index in [2.05, 4.69) is 31.2 Å². The highest BCUT2D eigenvalue weighted by atomic mass is 79.9. The Morgan fingerprint density at radius 2 is 1.88 bits per heavy atom. The number of aromatic nitrogens is 2. The zero-order valence-electron chi connectivity index (χ0n) is 8.74. The van der Waals surface area contributed by atoms with E-state index in [1.165, 1.54) is 0 Å². The van der Waals surface area contributed by atoms with Gasteiger partial charge in [0.25, 0.3) is 0 Å². The molecule has 1 aromatic carbocycles. The number of nitrogens with one attached hydrogen (secondary N) is 1. The Hall–Kier alpha value is -1.62. The maximum Gasteiger partial charge on any atom is 0.224 e. The zero-order chi connectivity index (χ0) is 11.5. The Balaban J connectivity index is 2.47. The van der Waals surface area contributed by atoms with Crippen molar-refractivity contribution in [2.45, 2.75) is 0 Å². The van der Waals surface area contributed by atoms with Gasteiger partial charge < -0.3 is 11.1 Å². The van der Waals surface area contributed by atoms with Crippen molar-refractivity contribution < 1.29 is 0 Å². The van der Waals surface area contributed by atoms with Crippen LogP contribution < -0.4 is 11.1 Å². The maximum absolute atomic E-state index is 5.70. The molecule has 0 unspecified atom stereocenters. The second kappa shape index (κ2) is 4.49. The van der Waals surface area contributed by atoms with Crippen LogP contribution in [0.3, 0.4) is 0 Å². The van der Waals surface area contributed by atoms with Gasteiger partial charge in [0.1, 0.15) is 5.82 Å². The molecule has 0 aliphatic heterocycles. The summed E-state index contributed by atoms with van der Waals surface area (Å²) >= 11 is 3.39. The lowest BCUT2D eigenvalue weighted by Crippen LogP contribution is -2.01. The van der Waals surface area contributed by atoms with E-state index < -0.39 is 0 Å². The predicted molar refractivity (Wildman–Crippen MR) is 69.1 cm³/mol. The molecule has 0 radical (unpaired) electrons. The van der Waals surface area contributed by atoms with Crippen LogP contribution in [0.15, 0.2) is 34.8 Å². The topological polar surface area (TPSA) is 63.8 Å². The summed E-state index contributed by atoms with van der Waals surface area (Å²) in [6, 6.07) is 9.64. The number of halogens is 1. The fraction of sp³-hybridized carbons (Fsp3) is 0.0909. The van der Waals surface area contributed by atoms with Crippen LogP contribution in [0.1, 0.15) is 0 Å². The SMILES string of the molecule is CNc1nc(N)cc(-c2ccc(Br)cc2)n1. The summed E-state index contributed by atoms with van der Waals surface area (Å²) in [5.41, 5.74) is 7.52. The first-order valence-corrected chi connectivity index (χ1v) is 5.56. The van der Waals surface area contributed by atoms with Crippen molar-refractivity contribution in [3.05, 3.63) is 34.8 Å². The quantitative estimate of drug-likeness (QED) is 0.886. The van der Waals surface area contributed by atoms with Gasteiger partial charge in [0, 0.05) is 23.2 Å². The average molecular weight is 279 g/mol. The van der Waals surface area contributed by atoms with Crippen molar-refractivity contribution in [1.29, 1.82) is 0 Å². The molecule has 0 saturated carbocycles. The number of hydrogen-bond acceptors (Lipinski definition) is 4. The van der Waals surface area contributed by atoms with Crippen LogP contribution in [0.2, 0.25) is 0 Å². The molecule has 0 amide bonds.